The van der Waals surface area contributed by atoms with Crippen LogP contribution in [0.1, 0.15) is 6.92 Å². The van der Waals surface area contributed by atoms with E-state index in [1.807, 2.05) is 0 Å². The molecule has 0 radical (unpaired) electrons. The van der Waals surface area contributed by atoms with Crippen LogP contribution >= 0.6 is 0 Å². The Kier molecular flexibility index (Phi) is 7.53. The van der Waals surface area contributed by atoms with Crippen LogP contribution in [0.2, 0.25) is 0 Å². The van der Waals surface area contributed by atoms with E-state index in [2.05, 4.69) is 16.0 Å². The maximum absolute atomic E-state index is 12.2. The van der Waals surface area contributed by atoms with Gasteiger partial charge >= 0.3 is 0 Å². The first-order valence-corrected chi connectivity index (χ1v) is 8.78. The lowest BCUT2D eigenvalue weighted by atomic mass is 10.2. The average molecular weight is 385 g/mol. The maximum atomic E-state index is 12.2. The van der Waals surface area contributed by atoms with Crippen molar-refractivity contribution < 1.29 is 24.0 Å². The fraction of sp³-hybridized carbons (Fsp3) is 0.250. The van der Waals surface area contributed by atoms with E-state index < -0.39 is 0 Å². The van der Waals surface area contributed by atoms with Gasteiger partial charge in [-0.15, -0.1) is 0 Å². The summed E-state index contributed by atoms with van der Waals surface area (Å²) < 4.78 is 5.12. The Morgan fingerprint density at radius 1 is 0.857 bits per heavy atom. The van der Waals surface area contributed by atoms with E-state index in [0.29, 0.717) is 22.8 Å². The summed E-state index contributed by atoms with van der Waals surface area (Å²) in [6.07, 6.45) is 0. The first-order valence-electron chi connectivity index (χ1n) is 8.78. The van der Waals surface area contributed by atoms with E-state index in [-0.39, 0.29) is 30.8 Å². The summed E-state index contributed by atoms with van der Waals surface area (Å²) in [5.41, 5.74) is 1.91. The highest BCUT2D eigenvalue weighted by Crippen LogP contribution is 2.16. The summed E-state index contributed by atoms with van der Waals surface area (Å²) in [5, 5.41) is 8.22. The molecule has 0 bridgehead atoms. The van der Waals surface area contributed by atoms with Crippen molar-refractivity contribution >= 4 is 34.8 Å². The molecule has 0 aliphatic heterocycles. The topological polar surface area (TPSA) is 101 Å². The normalized spacial score (nSPS) is 11.2. The average Bonchev–Trinajstić information content (AvgIpc) is 2.62. The molecule has 0 aliphatic rings. The van der Waals surface area contributed by atoms with Crippen molar-refractivity contribution in [3.63, 3.8) is 0 Å². The minimum atomic E-state index is -0.209. The molecule has 0 aromatic heterocycles. The Morgan fingerprint density at radius 3 is 1.93 bits per heavy atom. The van der Waals surface area contributed by atoms with Crippen LogP contribution in [0.3, 0.4) is 0 Å². The van der Waals surface area contributed by atoms with Crippen molar-refractivity contribution in [3.05, 3.63) is 48.5 Å². The van der Waals surface area contributed by atoms with Crippen LogP contribution in [0, 0.1) is 0 Å². The number of anilines is 3. The van der Waals surface area contributed by atoms with Gasteiger partial charge < -0.3 is 25.6 Å². The van der Waals surface area contributed by atoms with E-state index in [0.717, 1.165) is 4.90 Å². The summed E-state index contributed by atoms with van der Waals surface area (Å²) >= 11 is 0. The largest absolute Gasteiger partial charge is 0.497 e. The van der Waals surface area contributed by atoms with Gasteiger partial charge in [-0.1, -0.05) is 6.07 Å². The standard InChI is InChI=1S/C20H24N4O4/c1-14(25)21-15-7-9-16(10-8-15)22-19(26)12-24(2)13-20(27)23-17-5-4-6-18(11-17)28-3/h4-11H,12-13H2,1-3H3,(H,21,25)(H,22,26)(H,23,27)/p+1. The van der Waals surface area contributed by atoms with Crippen LogP contribution in [0.4, 0.5) is 17.1 Å². The lowest BCUT2D eigenvalue weighted by Crippen LogP contribution is -3.11. The molecule has 1 atom stereocenters. The molecule has 0 heterocycles. The van der Waals surface area contributed by atoms with Gasteiger partial charge in [0.05, 0.1) is 14.2 Å². The Morgan fingerprint density at radius 2 is 1.39 bits per heavy atom. The molecule has 2 aromatic rings. The molecule has 0 aliphatic carbocycles. The fourth-order valence-electron chi connectivity index (χ4n) is 2.56. The zero-order chi connectivity index (χ0) is 20.5. The number of ether oxygens (including phenoxy) is 1. The Labute approximate surface area is 163 Å². The molecule has 0 fully saturated rings. The van der Waals surface area contributed by atoms with Crippen LogP contribution in [-0.4, -0.2) is 45.0 Å². The van der Waals surface area contributed by atoms with E-state index in [1.54, 1.807) is 62.7 Å². The minimum absolute atomic E-state index is 0.138. The van der Waals surface area contributed by atoms with Crippen LogP contribution in [0.15, 0.2) is 48.5 Å². The van der Waals surface area contributed by atoms with Gasteiger partial charge in [-0.2, -0.15) is 0 Å². The predicted molar refractivity (Wildman–Crippen MR) is 108 cm³/mol. The molecule has 4 N–H and O–H groups in total. The summed E-state index contributed by atoms with van der Waals surface area (Å²) in [6, 6.07) is 13.9. The molecular formula is C20H25N4O4+. The molecule has 148 valence electrons. The summed E-state index contributed by atoms with van der Waals surface area (Å²) in [6.45, 7) is 1.71. The molecule has 1 unspecified atom stereocenters. The van der Waals surface area contributed by atoms with Crippen molar-refractivity contribution in [2.75, 3.05) is 43.2 Å². The van der Waals surface area contributed by atoms with Crippen LogP contribution in [0.5, 0.6) is 5.75 Å². The third kappa shape index (κ3) is 7.08. The first kappa shape index (κ1) is 20.9. The first-order chi connectivity index (χ1) is 13.4. The molecule has 2 aromatic carbocycles. The number of quaternary nitrogens is 1. The van der Waals surface area contributed by atoms with Crippen molar-refractivity contribution in [2.45, 2.75) is 6.92 Å². The highest BCUT2D eigenvalue weighted by Gasteiger charge is 2.15. The number of amides is 3. The number of nitrogens with one attached hydrogen (secondary N) is 4. The number of hydrogen-bond donors (Lipinski definition) is 4. The van der Waals surface area contributed by atoms with Crippen molar-refractivity contribution in [2.24, 2.45) is 0 Å². The molecular weight excluding hydrogens is 360 g/mol. The number of carbonyl (C=O) groups excluding carboxylic acids is 3. The second-order valence-electron chi connectivity index (χ2n) is 6.40. The zero-order valence-corrected chi connectivity index (χ0v) is 16.2. The molecule has 8 nitrogen and oxygen atoms in total. The molecule has 0 saturated carbocycles. The number of methoxy groups -OCH3 is 1. The molecule has 3 amide bonds. The van der Waals surface area contributed by atoms with E-state index in [4.69, 9.17) is 4.74 Å². The smallest absolute Gasteiger partial charge is 0.279 e. The van der Waals surface area contributed by atoms with Gasteiger partial charge in [-0.25, -0.2) is 0 Å². The third-order valence-corrected chi connectivity index (χ3v) is 3.77. The summed E-state index contributed by atoms with van der Waals surface area (Å²) in [4.78, 5) is 36.1. The monoisotopic (exact) mass is 385 g/mol. The Hall–Kier alpha value is -3.39. The second kappa shape index (κ2) is 10.1. The number of benzene rings is 2. The number of carbonyl (C=O) groups is 3. The molecule has 8 heteroatoms. The Balaban J connectivity index is 1.79. The maximum Gasteiger partial charge on any atom is 0.279 e. The number of rotatable bonds is 8. The van der Waals surface area contributed by atoms with Crippen molar-refractivity contribution in [3.8, 4) is 5.75 Å². The lowest BCUT2D eigenvalue weighted by Gasteiger charge is -2.14. The van der Waals surface area contributed by atoms with Gasteiger partial charge in [0.1, 0.15) is 5.75 Å². The van der Waals surface area contributed by atoms with Gasteiger partial charge in [-0.3, -0.25) is 14.4 Å². The van der Waals surface area contributed by atoms with E-state index >= 15 is 0 Å². The van der Waals surface area contributed by atoms with Gasteiger partial charge in [0, 0.05) is 30.1 Å². The van der Waals surface area contributed by atoms with Crippen molar-refractivity contribution in [1.29, 1.82) is 0 Å². The number of likely N-dealkylation sites (N-methyl/N-ethyl adjacent to an activating group) is 1. The van der Waals surface area contributed by atoms with Crippen LogP contribution < -0.4 is 25.6 Å². The number of hydrogen-bond acceptors (Lipinski definition) is 4. The lowest BCUT2D eigenvalue weighted by molar-refractivity contribution is -0.862. The van der Waals surface area contributed by atoms with Crippen molar-refractivity contribution in [1.82, 2.24) is 0 Å². The molecule has 0 spiro atoms. The van der Waals surface area contributed by atoms with Gasteiger partial charge in [-0.05, 0) is 36.4 Å². The van der Waals surface area contributed by atoms with E-state index in [1.165, 1.54) is 6.92 Å². The summed E-state index contributed by atoms with van der Waals surface area (Å²) in [5.74, 6) is 0.0915. The van der Waals surface area contributed by atoms with E-state index in [9.17, 15) is 14.4 Å². The van der Waals surface area contributed by atoms with Gasteiger partial charge in [0.25, 0.3) is 11.8 Å². The molecule has 0 saturated heterocycles. The van der Waals surface area contributed by atoms with Gasteiger partial charge in [0.15, 0.2) is 13.1 Å². The Bertz CT molecular complexity index is 836. The predicted octanol–water partition coefficient (Wildman–Crippen LogP) is 0.745. The minimum Gasteiger partial charge on any atom is -0.497 e. The SMILES string of the molecule is COc1cccc(NC(=O)C[NH+](C)CC(=O)Nc2ccc(NC(C)=O)cc2)c1. The van der Waals surface area contributed by atoms with Crippen LogP contribution in [-0.2, 0) is 14.4 Å². The second-order valence-corrected chi connectivity index (χ2v) is 6.40. The van der Waals surface area contributed by atoms with Gasteiger partial charge in [0.2, 0.25) is 5.91 Å². The summed E-state index contributed by atoms with van der Waals surface area (Å²) in [7, 11) is 3.33. The quantitative estimate of drug-likeness (QED) is 0.539. The van der Waals surface area contributed by atoms with Crippen LogP contribution in [0.25, 0.3) is 0 Å². The molecule has 28 heavy (non-hydrogen) atoms. The highest BCUT2D eigenvalue weighted by atomic mass is 16.5. The third-order valence-electron chi connectivity index (χ3n) is 3.77. The molecule has 2 rings (SSSR count). The fourth-order valence-corrected chi connectivity index (χ4v) is 2.56. The zero-order valence-electron chi connectivity index (χ0n) is 16.2. The highest BCUT2D eigenvalue weighted by molar-refractivity contribution is 5.94.